The number of aromatic amines is 1. The van der Waals surface area contributed by atoms with Gasteiger partial charge in [-0.15, -0.1) is 0 Å². The van der Waals surface area contributed by atoms with Crippen LogP contribution in [0.1, 0.15) is 35.8 Å². The molecule has 160 valence electrons. The van der Waals surface area contributed by atoms with Gasteiger partial charge in [-0.05, 0) is 49.4 Å². The number of pyridine rings is 1. The van der Waals surface area contributed by atoms with E-state index in [4.69, 9.17) is 0 Å². The van der Waals surface area contributed by atoms with Crippen molar-refractivity contribution in [1.82, 2.24) is 25.4 Å². The molecule has 2 aromatic heterocycles. The van der Waals surface area contributed by atoms with Crippen LogP contribution < -0.4 is 5.32 Å². The normalized spacial score (nSPS) is 18.5. The number of nitrogens with zero attached hydrogens (tertiary/aromatic N) is 3. The lowest BCUT2D eigenvalue weighted by molar-refractivity contribution is -0.133. The third-order valence-corrected chi connectivity index (χ3v) is 5.93. The van der Waals surface area contributed by atoms with Crippen molar-refractivity contribution in [2.75, 3.05) is 19.6 Å². The Morgan fingerprint density at radius 1 is 1.16 bits per heavy atom. The van der Waals surface area contributed by atoms with Gasteiger partial charge in [-0.3, -0.25) is 19.7 Å². The van der Waals surface area contributed by atoms with Gasteiger partial charge >= 0.3 is 0 Å². The largest absolute Gasteiger partial charge is 0.356 e. The third kappa shape index (κ3) is 4.35. The number of carbonyl (C=O) groups excluding carboxylic acids is 2. The Balaban J connectivity index is 1.68. The molecule has 0 aliphatic carbocycles. The van der Waals surface area contributed by atoms with Crippen LogP contribution in [-0.2, 0) is 11.2 Å². The van der Waals surface area contributed by atoms with Gasteiger partial charge in [-0.1, -0.05) is 30.3 Å². The van der Waals surface area contributed by atoms with E-state index in [-0.39, 0.29) is 11.8 Å². The molecule has 7 nitrogen and oxygen atoms in total. The zero-order valence-electron chi connectivity index (χ0n) is 17.7. The molecule has 1 aliphatic rings. The minimum absolute atomic E-state index is 0.00176. The molecule has 0 unspecified atom stereocenters. The number of H-pyrrole nitrogens is 1. The van der Waals surface area contributed by atoms with E-state index in [2.05, 4.69) is 32.6 Å². The van der Waals surface area contributed by atoms with Gasteiger partial charge in [0, 0.05) is 43.8 Å². The van der Waals surface area contributed by atoms with Crippen molar-refractivity contribution in [3.05, 3.63) is 72.3 Å². The smallest absolute Gasteiger partial charge is 0.271 e. The van der Waals surface area contributed by atoms with Crippen LogP contribution in [0.15, 0.2) is 61.1 Å². The van der Waals surface area contributed by atoms with Gasteiger partial charge in [0.2, 0.25) is 5.91 Å². The number of aromatic nitrogens is 3. The number of carbonyl (C=O) groups is 2. The topological polar surface area (TPSA) is 91.0 Å². The van der Waals surface area contributed by atoms with Crippen LogP contribution in [-0.4, -0.2) is 51.5 Å². The number of rotatable bonds is 6. The minimum Gasteiger partial charge on any atom is -0.356 e. The minimum atomic E-state index is -0.692. The van der Waals surface area contributed by atoms with Gasteiger partial charge in [-0.25, -0.2) is 0 Å². The van der Waals surface area contributed by atoms with Crippen LogP contribution >= 0.6 is 0 Å². The average Bonchev–Trinajstić information content (AvgIpc) is 3.35. The summed E-state index contributed by atoms with van der Waals surface area (Å²) in [6, 6.07) is 13.7. The fourth-order valence-corrected chi connectivity index (χ4v) is 4.45. The van der Waals surface area contributed by atoms with Gasteiger partial charge in [0.1, 0.15) is 5.69 Å². The molecular formula is C24H27N5O2. The molecule has 7 heteroatoms. The summed E-state index contributed by atoms with van der Waals surface area (Å²) < 4.78 is 0. The third-order valence-electron chi connectivity index (χ3n) is 5.93. The van der Waals surface area contributed by atoms with E-state index < -0.39 is 5.41 Å². The predicted octanol–water partition coefficient (Wildman–Crippen LogP) is 3.07. The maximum atomic E-state index is 13.3. The zero-order valence-corrected chi connectivity index (χ0v) is 17.7. The Bertz CT molecular complexity index is 1040. The highest BCUT2D eigenvalue weighted by Crippen LogP contribution is 2.37. The first-order chi connectivity index (χ1) is 15.1. The van der Waals surface area contributed by atoms with Crippen LogP contribution in [0.5, 0.6) is 0 Å². The lowest BCUT2D eigenvalue weighted by Gasteiger charge is -2.42. The summed E-state index contributed by atoms with van der Waals surface area (Å²) in [5.74, 6) is -0.121. The maximum absolute atomic E-state index is 13.3. The lowest BCUT2D eigenvalue weighted by atomic mass is 9.73. The van der Waals surface area contributed by atoms with Gasteiger partial charge < -0.3 is 10.2 Å². The lowest BCUT2D eigenvalue weighted by Crippen LogP contribution is -2.54. The molecule has 3 aromatic rings. The SMILES string of the molecule is CCNC(=O)[C@]1(Cc2ccccc2-c2cccnc2)CCCN(C(=O)c2ccn[nH]2)C1. The summed E-state index contributed by atoms with van der Waals surface area (Å²) in [7, 11) is 0. The van der Waals surface area contributed by atoms with E-state index in [0.717, 1.165) is 29.5 Å². The number of piperidine rings is 1. The quantitative estimate of drug-likeness (QED) is 0.645. The highest BCUT2D eigenvalue weighted by atomic mass is 16.2. The Morgan fingerprint density at radius 3 is 2.77 bits per heavy atom. The molecular weight excluding hydrogens is 390 g/mol. The summed E-state index contributed by atoms with van der Waals surface area (Å²) in [6.45, 7) is 3.48. The first kappa shape index (κ1) is 20.8. The Morgan fingerprint density at radius 2 is 2.03 bits per heavy atom. The summed E-state index contributed by atoms with van der Waals surface area (Å²) in [5.41, 5.74) is 2.92. The maximum Gasteiger partial charge on any atom is 0.271 e. The van der Waals surface area contributed by atoms with E-state index in [1.54, 1.807) is 23.4 Å². The molecule has 1 atom stereocenters. The van der Waals surface area contributed by atoms with Crippen LogP contribution in [0.2, 0.25) is 0 Å². The van der Waals surface area contributed by atoms with Crippen LogP contribution in [0, 0.1) is 5.41 Å². The molecule has 2 amide bonds. The number of nitrogens with one attached hydrogen (secondary N) is 2. The number of benzene rings is 1. The summed E-state index contributed by atoms with van der Waals surface area (Å²) >= 11 is 0. The average molecular weight is 418 g/mol. The van der Waals surface area contributed by atoms with Crippen molar-refractivity contribution >= 4 is 11.8 Å². The standard InChI is InChI=1S/C24H27N5O2/c1-2-26-23(31)24(11-6-14-29(17-24)22(30)21-10-13-27-28-21)15-18-7-3-4-9-20(18)19-8-5-12-25-16-19/h3-5,7-10,12-13,16H,2,6,11,14-15,17H2,1H3,(H,26,31)(H,27,28)/t24-/m0/s1. The molecule has 1 saturated heterocycles. The highest BCUT2D eigenvalue weighted by molar-refractivity contribution is 5.93. The van der Waals surface area contributed by atoms with Crippen molar-refractivity contribution in [2.24, 2.45) is 5.41 Å². The van der Waals surface area contributed by atoms with Gasteiger partial charge in [0.25, 0.3) is 5.91 Å². The highest BCUT2D eigenvalue weighted by Gasteiger charge is 2.44. The van der Waals surface area contributed by atoms with Crippen molar-refractivity contribution in [2.45, 2.75) is 26.2 Å². The number of likely N-dealkylation sites (tertiary alicyclic amines) is 1. The predicted molar refractivity (Wildman–Crippen MR) is 118 cm³/mol. The van der Waals surface area contributed by atoms with Crippen molar-refractivity contribution < 1.29 is 9.59 Å². The number of amides is 2. The second-order valence-corrected chi connectivity index (χ2v) is 8.02. The van der Waals surface area contributed by atoms with Crippen LogP contribution in [0.3, 0.4) is 0 Å². The zero-order chi connectivity index (χ0) is 21.7. The van der Waals surface area contributed by atoms with Gasteiger partial charge in [0.15, 0.2) is 0 Å². The first-order valence-electron chi connectivity index (χ1n) is 10.7. The van der Waals surface area contributed by atoms with Gasteiger partial charge in [0.05, 0.1) is 5.41 Å². The van der Waals surface area contributed by atoms with Crippen molar-refractivity contribution in [1.29, 1.82) is 0 Å². The molecule has 31 heavy (non-hydrogen) atoms. The Hall–Kier alpha value is -3.48. The van der Waals surface area contributed by atoms with Gasteiger partial charge in [-0.2, -0.15) is 5.10 Å². The second-order valence-electron chi connectivity index (χ2n) is 8.02. The summed E-state index contributed by atoms with van der Waals surface area (Å²) in [4.78, 5) is 32.4. The van der Waals surface area contributed by atoms with Crippen LogP contribution in [0.25, 0.3) is 11.1 Å². The van der Waals surface area contributed by atoms with Crippen LogP contribution in [0.4, 0.5) is 0 Å². The Labute approximate surface area is 181 Å². The molecule has 1 aliphatic heterocycles. The first-order valence-corrected chi connectivity index (χ1v) is 10.7. The molecule has 0 radical (unpaired) electrons. The summed E-state index contributed by atoms with van der Waals surface area (Å²) in [5, 5.41) is 9.66. The van der Waals surface area contributed by atoms with E-state index in [0.29, 0.717) is 31.7 Å². The molecule has 3 heterocycles. The molecule has 1 fully saturated rings. The molecule has 0 saturated carbocycles. The summed E-state index contributed by atoms with van der Waals surface area (Å²) in [6.07, 6.45) is 7.21. The van der Waals surface area contributed by atoms with E-state index in [9.17, 15) is 9.59 Å². The van der Waals surface area contributed by atoms with E-state index >= 15 is 0 Å². The molecule has 4 rings (SSSR count). The molecule has 1 aromatic carbocycles. The monoisotopic (exact) mass is 417 g/mol. The fraction of sp³-hybridized carbons (Fsp3) is 0.333. The number of hydrogen-bond donors (Lipinski definition) is 2. The number of hydrogen-bond acceptors (Lipinski definition) is 4. The molecule has 2 N–H and O–H groups in total. The Kier molecular flexibility index (Phi) is 6.11. The van der Waals surface area contributed by atoms with E-state index in [1.807, 2.05) is 37.4 Å². The van der Waals surface area contributed by atoms with Crippen molar-refractivity contribution in [3.63, 3.8) is 0 Å². The van der Waals surface area contributed by atoms with E-state index in [1.165, 1.54) is 0 Å². The fourth-order valence-electron chi connectivity index (χ4n) is 4.45. The molecule has 0 spiro atoms. The van der Waals surface area contributed by atoms with Crippen molar-refractivity contribution in [3.8, 4) is 11.1 Å². The second kappa shape index (κ2) is 9.12. The molecule has 0 bridgehead atoms.